The molecule has 0 saturated heterocycles. The molecule has 0 radical (unpaired) electrons. The Morgan fingerprint density at radius 1 is 1.39 bits per heavy atom. The van der Waals surface area contributed by atoms with E-state index in [0.717, 1.165) is 12.1 Å². The molecule has 0 aliphatic heterocycles. The van der Waals surface area contributed by atoms with E-state index >= 15 is 0 Å². The van der Waals surface area contributed by atoms with Crippen LogP contribution < -0.4 is 9.46 Å². The van der Waals surface area contributed by atoms with E-state index in [1.807, 2.05) is 0 Å². The van der Waals surface area contributed by atoms with Crippen molar-refractivity contribution in [2.45, 2.75) is 9.83 Å². The van der Waals surface area contributed by atoms with E-state index in [0.29, 0.717) is 6.08 Å². The van der Waals surface area contributed by atoms with Crippen LogP contribution in [0.4, 0.5) is 18.9 Å². The van der Waals surface area contributed by atoms with E-state index in [2.05, 4.69) is 15.9 Å². The number of halogens is 4. The van der Waals surface area contributed by atoms with Crippen molar-refractivity contribution in [3.63, 3.8) is 0 Å². The average molecular weight is 414 g/mol. The molecule has 2 N–H and O–H groups in total. The predicted octanol–water partition coefficient (Wildman–Crippen LogP) is 3.29. The largest absolute Gasteiger partial charge is 0.504 e. The van der Waals surface area contributed by atoms with Gasteiger partial charge in [-0.1, -0.05) is 22.0 Å². The highest BCUT2D eigenvalue weighted by atomic mass is 79.9. The lowest BCUT2D eigenvalue weighted by Gasteiger charge is -2.29. The Hall–Kier alpha value is -1.68. The van der Waals surface area contributed by atoms with Gasteiger partial charge in [-0.2, -0.15) is 0 Å². The summed E-state index contributed by atoms with van der Waals surface area (Å²) < 4.78 is 72.9. The number of anilines is 1. The maximum Gasteiger partial charge on any atom is 0.298 e. The average Bonchev–Trinajstić information content (AvgIpc) is 2.48. The Balaban J connectivity index is 2.42. The van der Waals surface area contributed by atoms with Crippen molar-refractivity contribution in [1.82, 2.24) is 0 Å². The summed E-state index contributed by atoms with van der Waals surface area (Å²) in [6.45, 7) is 0. The quantitative estimate of drug-likeness (QED) is 0.742. The maximum atomic E-state index is 14.8. The van der Waals surface area contributed by atoms with Crippen LogP contribution >= 0.6 is 15.9 Å². The zero-order chi connectivity index (χ0) is 17.4. The van der Waals surface area contributed by atoms with Crippen LogP contribution in [0.2, 0.25) is 0 Å². The molecule has 5 nitrogen and oxygen atoms in total. The SMILES string of the molecule is COc1ccc(NS(=O)(=O)C2(F)C(F)=C(F)C=CC2Br)cc1O. The number of hydrogen-bond donors (Lipinski definition) is 2. The van der Waals surface area contributed by atoms with E-state index in [1.54, 1.807) is 4.72 Å². The Labute approximate surface area is 138 Å². The number of phenols is 1. The molecule has 0 amide bonds. The van der Waals surface area contributed by atoms with Gasteiger partial charge in [0.25, 0.3) is 15.0 Å². The number of phenolic OH excluding ortho intramolecular Hbond substituents is 1. The van der Waals surface area contributed by atoms with Crippen LogP contribution in [0.5, 0.6) is 11.5 Å². The Morgan fingerprint density at radius 3 is 2.61 bits per heavy atom. The molecule has 0 heterocycles. The monoisotopic (exact) mass is 413 g/mol. The number of alkyl halides is 2. The number of allylic oxidation sites excluding steroid dienone is 3. The van der Waals surface area contributed by atoms with Gasteiger partial charge in [0.05, 0.1) is 17.6 Å². The minimum atomic E-state index is -5.04. The summed E-state index contributed by atoms with van der Waals surface area (Å²) in [6, 6.07) is 3.33. The highest BCUT2D eigenvalue weighted by Crippen LogP contribution is 2.43. The lowest BCUT2D eigenvalue weighted by Crippen LogP contribution is -2.47. The summed E-state index contributed by atoms with van der Waals surface area (Å²) >= 11 is 2.67. The van der Waals surface area contributed by atoms with Crippen molar-refractivity contribution < 1.29 is 31.4 Å². The van der Waals surface area contributed by atoms with Crippen LogP contribution in [0.25, 0.3) is 0 Å². The van der Waals surface area contributed by atoms with Crippen LogP contribution in [0, 0.1) is 0 Å². The summed E-state index contributed by atoms with van der Waals surface area (Å²) in [6.07, 6.45) is 1.46. The lowest BCUT2D eigenvalue weighted by atomic mass is 10.1. The number of aromatic hydroxyl groups is 1. The molecular formula is C13H11BrF3NO4S. The third-order valence-electron chi connectivity index (χ3n) is 3.10. The van der Waals surface area contributed by atoms with Gasteiger partial charge in [0.15, 0.2) is 23.2 Å². The van der Waals surface area contributed by atoms with Gasteiger partial charge in [0.1, 0.15) is 0 Å². The zero-order valence-corrected chi connectivity index (χ0v) is 14.0. The molecule has 0 saturated carbocycles. The molecule has 1 aromatic rings. The maximum absolute atomic E-state index is 14.8. The molecule has 1 aliphatic rings. The Bertz CT molecular complexity index is 796. The minimum Gasteiger partial charge on any atom is -0.504 e. The van der Waals surface area contributed by atoms with Gasteiger partial charge in [-0.15, -0.1) is 0 Å². The fourth-order valence-electron chi connectivity index (χ4n) is 1.90. The summed E-state index contributed by atoms with van der Waals surface area (Å²) in [5.74, 6) is -4.04. The molecule has 0 bridgehead atoms. The molecule has 0 aromatic heterocycles. The third-order valence-corrected chi connectivity index (χ3v) is 6.06. The first kappa shape index (κ1) is 17.7. The lowest BCUT2D eigenvalue weighted by molar-refractivity contribution is 0.264. The number of rotatable bonds is 4. The molecule has 1 aliphatic carbocycles. The summed E-state index contributed by atoms with van der Waals surface area (Å²) in [4.78, 5) is -1.64. The number of sulfonamides is 1. The van der Waals surface area contributed by atoms with Gasteiger partial charge >= 0.3 is 0 Å². The summed E-state index contributed by atoms with van der Waals surface area (Å²) in [5.41, 5.74) is -0.247. The normalized spacial score (nSPS) is 24.7. The van der Waals surface area contributed by atoms with Gasteiger partial charge < -0.3 is 9.84 Å². The van der Waals surface area contributed by atoms with Crippen molar-refractivity contribution >= 4 is 31.6 Å². The highest BCUT2D eigenvalue weighted by Gasteiger charge is 2.57. The van der Waals surface area contributed by atoms with Crippen LogP contribution in [0.15, 0.2) is 42.0 Å². The van der Waals surface area contributed by atoms with Crippen molar-refractivity contribution in [2.75, 3.05) is 11.8 Å². The predicted molar refractivity (Wildman–Crippen MR) is 82.1 cm³/mol. The second-order valence-electron chi connectivity index (χ2n) is 4.56. The molecule has 126 valence electrons. The molecule has 2 atom stereocenters. The Kier molecular flexibility index (Phi) is 4.67. The zero-order valence-electron chi connectivity index (χ0n) is 11.6. The Morgan fingerprint density at radius 2 is 2.04 bits per heavy atom. The van der Waals surface area contributed by atoms with Gasteiger partial charge in [-0.3, -0.25) is 4.72 Å². The van der Waals surface area contributed by atoms with Crippen LogP contribution in [0.3, 0.4) is 0 Å². The first-order chi connectivity index (χ1) is 10.6. The molecule has 0 spiro atoms. The highest BCUT2D eigenvalue weighted by molar-refractivity contribution is 9.09. The fraction of sp³-hybridized carbons (Fsp3) is 0.231. The van der Waals surface area contributed by atoms with Gasteiger partial charge in [-0.25, -0.2) is 21.6 Å². The minimum absolute atomic E-state index is 0.0546. The number of methoxy groups -OCH3 is 1. The molecule has 2 rings (SSSR count). The van der Waals surface area contributed by atoms with Gasteiger partial charge in [0, 0.05) is 6.07 Å². The number of nitrogens with one attached hydrogen (secondary N) is 1. The topological polar surface area (TPSA) is 75.6 Å². The van der Waals surface area contributed by atoms with Crippen molar-refractivity contribution in [2.24, 2.45) is 0 Å². The number of ether oxygens (including phenoxy) is 1. The molecule has 0 fully saturated rings. The van der Waals surface area contributed by atoms with Crippen LogP contribution in [0.1, 0.15) is 0 Å². The van der Waals surface area contributed by atoms with E-state index < -0.39 is 37.3 Å². The summed E-state index contributed by atoms with van der Waals surface area (Å²) in [7, 11) is -3.76. The second kappa shape index (κ2) is 6.08. The second-order valence-corrected chi connectivity index (χ2v) is 7.35. The molecule has 1 aromatic carbocycles. The first-order valence-corrected chi connectivity index (χ1v) is 8.49. The van der Waals surface area contributed by atoms with Gasteiger partial charge in [0.2, 0.25) is 0 Å². The van der Waals surface area contributed by atoms with E-state index in [-0.39, 0.29) is 11.4 Å². The van der Waals surface area contributed by atoms with E-state index in [4.69, 9.17) is 4.74 Å². The van der Waals surface area contributed by atoms with Crippen molar-refractivity contribution in [3.05, 3.63) is 42.0 Å². The van der Waals surface area contributed by atoms with Crippen molar-refractivity contribution in [1.29, 1.82) is 0 Å². The number of benzene rings is 1. The number of hydrogen-bond acceptors (Lipinski definition) is 4. The summed E-state index contributed by atoms with van der Waals surface area (Å²) in [5, 5.41) is 5.91. The standard InChI is InChI=1S/C13H11BrF3NO4S/c1-22-10-4-2-7(6-9(10)19)18-23(20,21)13(17)11(14)5-3-8(15)12(13)16/h2-6,11,18-19H,1H3. The van der Waals surface area contributed by atoms with E-state index in [9.17, 15) is 26.7 Å². The van der Waals surface area contributed by atoms with E-state index in [1.165, 1.54) is 19.2 Å². The van der Waals surface area contributed by atoms with Crippen LogP contribution in [-0.4, -0.2) is 30.5 Å². The first-order valence-electron chi connectivity index (χ1n) is 6.09. The molecule has 23 heavy (non-hydrogen) atoms. The molecule has 2 unspecified atom stereocenters. The fourth-order valence-corrected chi connectivity index (χ4v) is 4.28. The van der Waals surface area contributed by atoms with Gasteiger partial charge in [-0.05, 0) is 18.2 Å². The third kappa shape index (κ3) is 2.92. The smallest absolute Gasteiger partial charge is 0.298 e. The molecular weight excluding hydrogens is 403 g/mol. The van der Waals surface area contributed by atoms with Crippen molar-refractivity contribution in [3.8, 4) is 11.5 Å². The molecule has 10 heteroatoms. The van der Waals surface area contributed by atoms with Crippen LogP contribution in [-0.2, 0) is 10.0 Å².